The molecule has 3 aromatic rings. The van der Waals surface area contributed by atoms with Crippen molar-refractivity contribution in [2.75, 3.05) is 0 Å². The van der Waals surface area contributed by atoms with Crippen LogP contribution in [0.5, 0.6) is 0 Å². The van der Waals surface area contributed by atoms with Crippen molar-refractivity contribution < 1.29 is 0 Å². The van der Waals surface area contributed by atoms with E-state index in [0.29, 0.717) is 6.42 Å². The highest BCUT2D eigenvalue weighted by molar-refractivity contribution is 5.54. The molecule has 0 radical (unpaired) electrons. The number of fused-ring (bicyclic) bond motifs is 1. The molecule has 3 aromatic heterocycles. The number of aromatic nitrogens is 4. The largest absolute Gasteiger partial charge is 0.338 e. The highest BCUT2D eigenvalue weighted by Gasteiger charge is 2.14. The molecular weight excluding hydrogens is 226 g/mol. The molecule has 92 valence electrons. The molecule has 1 atom stereocenters. The molecule has 0 aromatic carbocycles. The van der Waals surface area contributed by atoms with Crippen LogP contribution in [0.15, 0.2) is 43.0 Å². The van der Waals surface area contributed by atoms with Gasteiger partial charge in [0.25, 0.3) is 0 Å². The van der Waals surface area contributed by atoms with Gasteiger partial charge in [-0.25, -0.2) is 9.50 Å². The Morgan fingerprint density at radius 1 is 1.33 bits per heavy atom. The summed E-state index contributed by atoms with van der Waals surface area (Å²) in [6.45, 7) is 0. The maximum atomic E-state index is 6.26. The van der Waals surface area contributed by atoms with Gasteiger partial charge in [0.1, 0.15) is 5.82 Å². The third-order valence-corrected chi connectivity index (χ3v) is 3.18. The van der Waals surface area contributed by atoms with Crippen LogP contribution in [0.2, 0.25) is 0 Å². The van der Waals surface area contributed by atoms with Crippen LogP contribution in [0, 0.1) is 0 Å². The van der Waals surface area contributed by atoms with Gasteiger partial charge in [-0.1, -0.05) is 6.07 Å². The quantitative estimate of drug-likeness (QED) is 0.752. The van der Waals surface area contributed by atoms with Crippen molar-refractivity contribution in [2.24, 2.45) is 12.8 Å². The van der Waals surface area contributed by atoms with Crippen LogP contribution in [0.4, 0.5) is 0 Å². The van der Waals surface area contributed by atoms with Crippen molar-refractivity contribution in [3.05, 3.63) is 54.4 Å². The fourth-order valence-corrected chi connectivity index (χ4v) is 2.14. The van der Waals surface area contributed by atoms with E-state index in [2.05, 4.69) is 10.1 Å². The number of nitrogens with two attached hydrogens (primary N) is 1. The Morgan fingerprint density at radius 3 is 3.00 bits per heavy atom. The van der Waals surface area contributed by atoms with E-state index < -0.39 is 0 Å². The van der Waals surface area contributed by atoms with E-state index in [1.54, 1.807) is 6.20 Å². The summed E-state index contributed by atoms with van der Waals surface area (Å²) in [5.41, 5.74) is 8.37. The Balaban J connectivity index is 1.93. The number of pyridine rings is 1. The lowest BCUT2D eigenvalue weighted by Gasteiger charge is -2.10. The normalized spacial score (nSPS) is 13.0. The molecule has 5 nitrogen and oxygen atoms in total. The van der Waals surface area contributed by atoms with E-state index >= 15 is 0 Å². The zero-order valence-electron chi connectivity index (χ0n) is 10.2. The minimum atomic E-state index is -0.0917. The van der Waals surface area contributed by atoms with Crippen molar-refractivity contribution >= 4 is 5.52 Å². The lowest BCUT2D eigenvalue weighted by molar-refractivity contribution is 0.663. The highest BCUT2D eigenvalue weighted by atomic mass is 15.2. The first-order chi connectivity index (χ1) is 8.75. The van der Waals surface area contributed by atoms with E-state index in [0.717, 1.165) is 16.9 Å². The third kappa shape index (κ3) is 1.78. The topological polar surface area (TPSA) is 61.1 Å². The molecule has 0 aliphatic carbocycles. The van der Waals surface area contributed by atoms with E-state index in [-0.39, 0.29) is 6.04 Å². The number of aryl methyl sites for hydroxylation is 1. The summed E-state index contributed by atoms with van der Waals surface area (Å²) in [6.07, 6.45) is 8.19. The molecule has 0 saturated heterocycles. The van der Waals surface area contributed by atoms with Gasteiger partial charge in [0.2, 0.25) is 0 Å². The Kier molecular flexibility index (Phi) is 2.60. The molecule has 0 fully saturated rings. The highest BCUT2D eigenvalue weighted by Crippen LogP contribution is 2.19. The van der Waals surface area contributed by atoms with Crippen LogP contribution in [0.25, 0.3) is 5.52 Å². The zero-order chi connectivity index (χ0) is 12.5. The summed E-state index contributed by atoms with van der Waals surface area (Å²) in [6, 6.07) is 5.88. The van der Waals surface area contributed by atoms with Gasteiger partial charge >= 0.3 is 0 Å². The van der Waals surface area contributed by atoms with E-state index in [1.807, 2.05) is 52.9 Å². The van der Waals surface area contributed by atoms with Crippen LogP contribution in [0.1, 0.15) is 17.4 Å². The van der Waals surface area contributed by atoms with Gasteiger partial charge in [0, 0.05) is 43.7 Å². The second kappa shape index (κ2) is 4.27. The monoisotopic (exact) mass is 241 g/mol. The Bertz CT molecular complexity index is 667. The molecule has 0 amide bonds. The number of imidazole rings is 1. The van der Waals surface area contributed by atoms with Crippen LogP contribution >= 0.6 is 0 Å². The van der Waals surface area contributed by atoms with Crippen LogP contribution in [0.3, 0.4) is 0 Å². The molecule has 0 saturated carbocycles. The van der Waals surface area contributed by atoms with Gasteiger partial charge in [0.15, 0.2) is 0 Å². The maximum Gasteiger partial charge on any atom is 0.110 e. The van der Waals surface area contributed by atoms with Gasteiger partial charge in [-0.15, -0.1) is 0 Å². The summed E-state index contributed by atoms with van der Waals surface area (Å²) in [4.78, 5) is 4.30. The Labute approximate surface area is 105 Å². The standard InChI is InChI=1S/C13H15N5/c1-17-7-5-15-13(17)8-11(14)10-9-16-18-6-3-2-4-12(10)18/h2-7,9,11H,8,14H2,1H3. The van der Waals surface area contributed by atoms with Crippen LogP contribution < -0.4 is 5.73 Å². The van der Waals surface area contributed by atoms with Crippen molar-refractivity contribution in [3.8, 4) is 0 Å². The summed E-state index contributed by atoms with van der Waals surface area (Å²) < 4.78 is 3.83. The molecular formula is C13H15N5. The lowest BCUT2D eigenvalue weighted by atomic mass is 10.1. The summed E-state index contributed by atoms with van der Waals surface area (Å²) >= 11 is 0. The SMILES string of the molecule is Cn1ccnc1CC(N)c1cnn2ccccc12. The summed E-state index contributed by atoms with van der Waals surface area (Å²) in [5.74, 6) is 0.984. The van der Waals surface area contributed by atoms with Crippen molar-refractivity contribution in [2.45, 2.75) is 12.5 Å². The molecule has 0 bridgehead atoms. The molecule has 3 rings (SSSR count). The molecule has 1 unspecified atom stereocenters. The second-order valence-electron chi connectivity index (χ2n) is 4.40. The first-order valence-corrected chi connectivity index (χ1v) is 5.90. The Morgan fingerprint density at radius 2 is 2.22 bits per heavy atom. The molecule has 2 N–H and O–H groups in total. The zero-order valence-corrected chi connectivity index (χ0v) is 10.2. The van der Waals surface area contributed by atoms with E-state index in [4.69, 9.17) is 5.73 Å². The fourth-order valence-electron chi connectivity index (χ4n) is 2.14. The first kappa shape index (κ1) is 11.0. The molecule has 3 heterocycles. The van der Waals surface area contributed by atoms with E-state index in [9.17, 15) is 0 Å². The number of rotatable bonds is 3. The minimum Gasteiger partial charge on any atom is -0.338 e. The van der Waals surface area contributed by atoms with Crippen LogP contribution in [-0.4, -0.2) is 19.2 Å². The molecule has 18 heavy (non-hydrogen) atoms. The first-order valence-electron chi connectivity index (χ1n) is 5.90. The van der Waals surface area contributed by atoms with Crippen molar-refractivity contribution in [3.63, 3.8) is 0 Å². The number of nitrogens with zero attached hydrogens (tertiary/aromatic N) is 4. The second-order valence-corrected chi connectivity index (χ2v) is 4.40. The Hall–Kier alpha value is -2.14. The van der Waals surface area contributed by atoms with Gasteiger partial charge in [-0.3, -0.25) is 0 Å². The van der Waals surface area contributed by atoms with Crippen LogP contribution in [-0.2, 0) is 13.5 Å². The average molecular weight is 241 g/mol. The smallest absolute Gasteiger partial charge is 0.110 e. The lowest BCUT2D eigenvalue weighted by Crippen LogP contribution is -2.15. The molecule has 0 spiro atoms. The molecule has 0 aliphatic rings. The number of hydrogen-bond donors (Lipinski definition) is 1. The maximum absolute atomic E-state index is 6.26. The van der Waals surface area contributed by atoms with Gasteiger partial charge in [0.05, 0.1) is 11.7 Å². The fraction of sp³-hybridized carbons (Fsp3) is 0.231. The van der Waals surface area contributed by atoms with Crippen molar-refractivity contribution in [1.29, 1.82) is 0 Å². The van der Waals surface area contributed by atoms with Gasteiger partial charge in [-0.05, 0) is 12.1 Å². The van der Waals surface area contributed by atoms with Gasteiger partial charge in [-0.2, -0.15) is 5.10 Å². The molecule has 0 aliphatic heterocycles. The average Bonchev–Trinajstić information content (AvgIpc) is 2.96. The van der Waals surface area contributed by atoms with Gasteiger partial charge < -0.3 is 10.3 Å². The summed E-state index contributed by atoms with van der Waals surface area (Å²) in [7, 11) is 1.98. The van der Waals surface area contributed by atoms with Crippen molar-refractivity contribution in [1.82, 2.24) is 19.2 Å². The number of hydrogen-bond acceptors (Lipinski definition) is 3. The molecule has 5 heteroatoms. The predicted molar refractivity (Wildman–Crippen MR) is 69.0 cm³/mol. The predicted octanol–water partition coefficient (Wildman–Crippen LogP) is 1.31. The minimum absolute atomic E-state index is 0.0917. The summed E-state index contributed by atoms with van der Waals surface area (Å²) in [5, 5.41) is 4.30. The third-order valence-electron chi connectivity index (χ3n) is 3.18. The van der Waals surface area contributed by atoms with E-state index in [1.165, 1.54) is 0 Å².